The smallest absolute Gasteiger partial charge is 0.335 e. The Kier molecular flexibility index (Phi) is 5.99. The van der Waals surface area contributed by atoms with E-state index < -0.39 is 5.97 Å². The normalized spacial score (nSPS) is 11.6. The number of hydrogen-bond acceptors (Lipinski definition) is 5. The first-order chi connectivity index (χ1) is 13.2. The highest BCUT2D eigenvalue weighted by Gasteiger charge is 2.18. The molecule has 0 saturated heterocycles. The summed E-state index contributed by atoms with van der Waals surface area (Å²) in [6, 6.07) is 16.4. The predicted molar refractivity (Wildman–Crippen MR) is 103 cm³/mol. The van der Waals surface area contributed by atoms with Crippen LogP contribution in [-0.4, -0.2) is 21.0 Å². The van der Waals surface area contributed by atoms with Crippen molar-refractivity contribution >= 4 is 11.7 Å². The third-order valence-corrected chi connectivity index (χ3v) is 4.12. The molecule has 1 atom stereocenters. The van der Waals surface area contributed by atoms with Gasteiger partial charge in [0.1, 0.15) is 12.3 Å². The Morgan fingerprint density at radius 1 is 1.07 bits per heavy atom. The van der Waals surface area contributed by atoms with Gasteiger partial charge in [0.05, 0.1) is 11.6 Å². The molecule has 0 spiro atoms. The van der Waals surface area contributed by atoms with E-state index in [9.17, 15) is 4.79 Å². The summed E-state index contributed by atoms with van der Waals surface area (Å²) in [5, 5.41) is 12.4. The Balaban J connectivity index is 1.75. The number of nitrogens with one attached hydrogen (secondary N) is 1. The molecule has 3 aromatic rings. The minimum Gasteiger partial charge on any atom is -0.478 e. The first-order valence-corrected chi connectivity index (χ1v) is 8.75. The van der Waals surface area contributed by atoms with Gasteiger partial charge in [-0.1, -0.05) is 37.3 Å². The molecule has 0 bridgehead atoms. The first-order valence-electron chi connectivity index (χ1n) is 8.75. The minimum absolute atomic E-state index is 0.111. The van der Waals surface area contributed by atoms with Gasteiger partial charge in [-0.3, -0.25) is 4.98 Å². The highest BCUT2D eigenvalue weighted by molar-refractivity contribution is 5.88. The number of carbonyl (C=O) groups is 1. The molecule has 27 heavy (non-hydrogen) atoms. The van der Waals surface area contributed by atoms with E-state index in [1.165, 1.54) is 0 Å². The predicted octanol–water partition coefficient (Wildman–Crippen LogP) is 4.32. The van der Waals surface area contributed by atoms with E-state index in [0.717, 1.165) is 23.4 Å². The molecule has 0 amide bonds. The number of aromatic carboxylic acids is 1. The van der Waals surface area contributed by atoms with Crippen molar-refractivity contribution in [3.63, 3.8) is 0 Å². The topological polar surface area (TPSA) is 84.3 Å². The first kappa shape index (κ1) is 18.4. The van der Waals surface area contributed by atoms with Crippen molar-refractivity contribution < 1.29 is 14.6 Å². The summed E-state index contributed by atoms with van der Waals surface area (Å²) in [4.78, 5) is 19.8. The Labute approximate surface area is 157 Å². The average Bonchev–Trinajstić information content (AvgIpc) is 2.72. The van der Waals surface area contributed by atoms with Crippen molar-refractivity contribution in [2.75, 3.05) is 5.32 Å². The highest BCUT2D eigenvalue weighted by atomic mass is 16.5. The van der Waals surface area contributed by atoms with E-state index in [1.54, 1.807) is 36.7 Å². The highest BCUT2D eigenvalue weighted by Crippen LogP contribution is 2.27. The van der Waals surface area contributed by atoms with E-state index in [1.807, 2.05) is 37.3 Å². The SMILES string of the molecule is CCC(Nc1ccc(C(=O)O)cc1)c1nccnc1OCc1ccccc1. The summed E-state index contributed by atoms with van der Waals surface area (Å²) < 4.78 is 5.90. The zero-order chi connectivity index (χ0) is 19.1. The number of nitrogens with zero attached hydrogens (tertiary/aromatic N) is 2. The van der Waals surface area contributed by atoms with E-state index in [2.05, 4.69) is 15.3 Å². The van der Waals surface area contributed by atoms with E-state index in [-0.39, 0.29) is 11.6 Å². The maximum Gasteiger partial charge on any atom is 0.335 e. The molecule has 3 rings (SSSR count). The fourth-order valence-electron chi connectivity index (χ4n) is 2.69. The number of anilines is 1. The van der Waals surface area contributed by atoms with Crippen molar-refractivity contribution in [3.8, 4) is 5.88 Å². The zero-order valence-corrected chi connectivity index (χ0v) is 15.0. The van der Waals surface area contributed by atoms with Crippen LogP contribution in [0.3, 0.4) is 0 Å². The number of carboxylic acid groups (broad SMARTS) is 1. The molecule has 0 fully saturated rings. The van der Waals surface area contributed by atoms with Crippen molar-refractivity contribution in [1.29, 1.82) is 0 Å². The molecule has 6 nitrogen and oxygen atoms in total. The lowest BCUT2D eigenvalue weighted by molar-refractivity contribution is 0.0697. The molecule has 0 saturated carbocycles. The summed E-state index contributed by atoms with van der Waals surface area (Å²) in [6.07, 6.45) is 4.02. The van der Waals surface area contributed by atoms with Crippen LogP contribution in [0.4, 0.5) is 5.69 Å². The van der Waals surface area contributed by atoms with Crippen LogP contribution in [0.1, 0.15) is 41.0 Å². The summed E-state index contributed by atoms with van der Waals surface area (Å²) in [7, 11) is 0. The van der Waals surface area contributed by atoms with Gasteiger partial charge in [-0.05, 0) is 36.2 Å². The summed E-state index contributed by atoms with van der Waals surface area (Å²) in [5.74, 6) is -0.457. The molecular formula is C21H21N3O3. The number of hydrogen-bond donors (Lipinski definition) is 2. The number of ether oxygens (including phenoxy) is 1. The van der Waals surface area contributed by atoms with Gasteiger partial charge in [0, 0.05) is 18.1 Å². The van der Waals surface area contributed by atoms with E-state index in [0.29, 0.717) is 12.5 Å². The molecule has 0 aliphatic carbocycles. The molecule has 2 aromatic carbocycles. The summed E-state index contributed by atoms with van der Waals surface area (Å²) in [6.45, 7) is 2.45. The lowest BCUT2D eigenvalue weighted by Crippen LogP contribution is -2.14. The van der Waals surface area contributed by atoms with Gasteiger partial charge in [0.15, 0.2) is 0 Å². The fourth-order valence-corrected chi connectivity index (χ4v) is 2.69. The zero-order valence-electron chi connectivity index (χ0n) is 15.0. The van der Waals surface area contributed by atoms with E-state index >= 15 is 0 Å². The maximum atomic E-state index is 11.0. The van der Waals surface area contributed by atoms with Crippen LogP contribution < -0.4 is 10.1 Å². The standard InChI is InChI=1S/C21H21N3O3/c1-2-18(24-17-10-8-16(9-11-17)21(25)26)19-20(23-13-12-22-19)27-14-15-6-4-3-5-7-15/h3-13,18,24H,2,14H2,1H3,(H,25,26). The summed E-state index contributed by atoms with van der Waals surface area (Å²) >= 11 is 0. The lowest BCUT2D eigenvalue weighted by atomic mass is 10.1. The van der Waals surface area contributed by atoms with Crippen LogP contribution >= 0.6 is 0 Å². The Hall–Kier alpha value is -3.41. The van der Waals surface area contributed by atoms with Crippen LogP contribution in [0.15, 0.2) is 67.0 Å². The van der Waals surface area contributed by atoms with Crippen molar-refractivity contribution in [3.05, 3.63) is 83.8 Å². The molecule has 1 heterocycles. The molecule has 0 radical (unpaired) electrons. The molecule has 0 aliphatic heterocycles. The second-order valence-electron chi connectivity index (χ2n) is 6.01. The average molecular weight is 363 g/mol. The molecule has 2 N–H and O–H groups in total. The van der Waals surface area contributed by atoms with Gasteiger partial charge in [0.25, 0.3) is 0 Å². The van der Waals surface area contributed by atoms with Crippen LogP contribution in [0, 0.1) is 0 Å². The quantitative estimate of drug-likeness (QED) is 0.620. The molecule has 138 valence electrons. The van der Waals surface area contributed by atoms with Crippen LogP contribution in [0.25, 0.3) is 0 Å². The van der Waals surface area contributed by atoms with Gasteiger partial charge in [-0.25, -0.2) is 9.78 Å². The number of benzene rings is 2. The summed E-state index contributed by atoms with van der Waals surface area (Å²) in [5.41, 5.74) is 2.84. The second kappa shape index (κ2) is 8.80. The second-order valence-corrected chi connectivity index (χ2v) is 6.01. The van der Waals surface area contributed by atoms with Gasteiger partial charge < -0.3 is 15.2 Å². The van der Waals surface area contributed by atoms with Crippen LogP contribution in [-0.2, 0) is 6.61 Å². The van der Waals surface area contributed by atoms with Crippen molar-refractivity contribution in [2.24, 2.45) is 0 Å². The molecule has 1 unspecified atom stereocenters. The van der Waals surface area contributed by atoms with Gasteiger partial charge in [-0.15, -0.1) is 0 Å². The van der Waals surface area contributed by atoms with Crippen molar-refractivity contribution in [2.45, 2.75) is 26.0 Å². The van der Waals surface area contributed by atoms with Gasteiger partial charge in [-0.2, -0.15) is 0 Å². The molecular weight excluding hydrogens is 342 g/mol. The maximum absolute atomic E-state index is 11.0. The third kappa shape index (κ3) is 4.82. The fraction of sp³-hybridized carbons (Fsp3) is 0.190. The van der Waals surface area contributed by atoms with Gasteiger partial charge >= 0.3 is 5.97 Å². The number of aromatic nitrogens is 2. The third-order valence-electron chi connectivity index (χ3n) is 4.12. The van der Waals surface area contributed by atoms with Crippen LogP contribution in [0.2, 0.25) is 0 Å². The lowest BCUT2D eigenvalue weighted by Gasteiger charge is -2.20. The van der Waals surface area contributed by atoms with Gasteiger partial charge in [0.2, 0.25) is 5.88 Å². The molecule has 0 aliphatic rings. The van der Waals surface area contributed by atoms with Crippen molar-refractivity contribution in [1.82, 2.24) is 9.97 Å². The number of rotatable bonds is 8. The monoisotopic (exact) mass is 363 g/mol. The largest absolute Gasteiger partial charge is 0.478 e. The van der Waals surface area contributed by atoms with E-state index in [4.69, 9.17) is 9.84 Å². The Morgan fingerprint density at radius 3 is 2.44 bits per heavy atom. The molecule has 1 aromatic heterocycles. The number of carboxylic acids is 1. The van der Waals surface area contributed by atoms with Crippen LogP contribution in [0.5, 0.6) is 5.88 Å². The molecule has 6 heteroatoms. The minimum atomic E-state index is -0.945. The Morgan fingerprint density at radius 2 is 1.78 bits per heavy atom. The Bertz CT molecular complexity index is 883.